The van der Waals surface area contributed by atoms with Crippen LogP contribution >= 0.6 is 15.9 Å². The molecule has 0 spiro atoms. The highest BCUT2D eigenvalue weighted by Crippen LogP contribution is 2.22. The van der Waals surface area contributed by atoms with Gasteiger partial charge in [-0.15, -0.1) is 0 Å². The minimum Gasteiger partial charge on any atom is -0.489 e. The lowest BCUT2D eigenvalue weighted by Crippen LogP contribution is -2.28. The van der Waals surface area contributed by atoms with Crippen LogP contribution in [0.1, 0.15) is 12.8 Å². The smallest absolute Gasteiger partial charge is 0.165 e. The molecule has 0 unspecified atom stereocenters. The van der Waals surface area contributed by atoms with Gasteiger partial charge in [-0.3, -0.25) is 0 Å². The summed E-state index contributed by atoms with van der Waals surface area (Å²) in [7, 11) is 0. The fraction of sp³-hybridized carbons (Fsp3) is 0.455. The van der Waals surface area contributed by atoms with Crippen molar-refractivity contribution in [3.8, 4) is 5.75 Å². The van der Waals surface area contributed by atoms with Crippen LogP contribution in [0.25, 0.3) is 0 Å². The molecule has 15 heavy (non-hydrogen) atoms. The first kappa shape index (κ1) is 10.9. The molecular formula is C11H13BrFNO. The van der Waals surface area contributed by atoms with Crippen LogP contribution in [0.15, 0.2) is 22.7 Å². The van der Waals surface area contributed by atoms with Gasteiger partial charge in [-0.1, -0.05) is 15.9 Å². The van der Waals surface area contributed by atoms with Gasteiger partial charge in [0, 0.05) is 10.5 Å². The van der Waals surface area contributed by atoms with Gasteiger partial charge in [0.1, 0.15) is 6.61 Å². The lowest BCUT2D eigenvalue weighted by molar-refractivity contribution is 0.265. The first-order valence-electron chi connectivity index (χ1n) is 5.07. The summed E-state index contributed by atoms with van der Waals surface area (Å²) >= 11 is 3.29. The largest absolute Gasteiger partial charge is 0.489 e. The zero-order valence-electron chi connectivity index (χ0n) is 8.30. The zero-order chi connectivity index (χ0) is 10.7. The minimum absolute atomic E-state index is 0.309. The van der Waals surface area contributed by atoms with E-state index >= 15 is 0 Å². The Morgan fingerprint density at radius 2 is 2.40 bits per heavy atom. The molecule has 0 bridgehead atoms. The van der Waals surface area contributed by atoms with E-state index in [1.54, 1.807) is 12.1 Å². The Bertz CT molecular complexity index is 339. The average Bonchev–Trinajstić information content (AvgIpc) is 2.72. The van der Waals surface area contributed by atoms with Gasteiger partial charge in [-0.25, -0.2) is 4.39 Å². The molecule has 82 valence electrons. The van der Waals surface area contributed by atoms with E-state index in [4.69, 9.17) is 4.74 Å². The van der Waals surface area contributed by atoms with Crippen molar-refractivity contribution in [2.24, 2.45) is 0 Å². The maximum atomic E-state index is 13.3. The van der Waals surface area contributed by atoms with Crippen molar-refractivity contribution in [1.82, 2.24) is 5.32 Å². The lowest BCUT2D eigenvalue weighted by Gasteiger charge is -2.12. The van der Waals surface area contributed by atoms with Crippen molar-refractivity contribution < 1.29 is 9.13 Å². The number of hydrogen-bond donors (Lipinski definition) is 1. The fourth-order valence-corrected chi connectivity index (χ4v) is 2.02. The summed E-state index contributed by atoms with van der Waals surface area (Å²) in [5.41, 5.74) is 0. The van der Waals surface area contributed by atoms with Gasteiger partial charge in [0.25, 0.3) is 0 Å². The van der Waals surface area contributed by atoms with E-state index in [2.05, 4.69) is 21.2 Å². The summed E-state index contributed by atoms with van der Waals surface area (Å²) in [5, 5.41) is 3.30. The molecule has 0 amide bonds. The number of halogens is 2. The number of rotatable bonds is 3. The molecule has 1 saturated heterocycles. The molecule has 0 aromatic heterocycles. The van der Waals surface area contributed by atoms with Crippen LogP contribution < -0.4 is 10.1 Å². The predicted molar refractivity (Wildman–Crippen MR) is 60.6 cm³/mol. The first-order chi connectivity index (χ1) is 7.25. The van der Waals surface area contributed by atoms with Gasteiger partial charge in [-0.05, 0) is 37.6 Å². The Labute approximate surface area is 96.9 Å². The van der Waals surface area contributed by atoms with E-state index in [1.807, 2.05) is 0 Å². The second-order valence-electron chi connectivity index (χ2n) is 3.68. The van der Waals surface area contributed by atoms with Crippen LogP contribution in [0.2, 0.25) is 0 Å². The Kier molecular flexibility index (Phi) is 3.59. The Hall–Kier alpha value is -0.610. The Morgan fingerprint density at radius 3 is 3.13 bits per heavy atom. The molecule has 0 radical (unpaired) electrons. The average molecular weight is 274 g/mol. The number of nitrogens with one attached hydrogen (secondary N) is 1. The fourth-order valence-electron chi connectivity index (χ4n) is 1.68. The molecule has 1 heterocycles. The first-order valence-corrected chi connectivity index (χ1v) is 5.86. The van der Waals surface area contributed by atoms with Crippen LogP contribution in [0.5, 0.6) is 5.75 Å². The number of ether oxygens (including phenoxy) is 1. The summed E-state index contributed by atoms with van der Waals surface area (Å²) < 4.78 is 19.5. The maximum absolute atomic E-state index is 13.3. The van der Waals surface area contributed by atoms with Crippen molar-refractivity contribution >= 4 is 15.9 Å². The third-order valence-electron chi connectivity index (χ3n) is 2.50. The van der Waals surface area contributed by atoms with Crippen molar-refractivity contribution in [2.75, 3.05) is 13.2 Å². The third-order valence-corrected chi connectivity index (χ3v) is 2.99. The maximum Gasteiger partial charge on any atom is 0.165 e. The standard InChI is InChI=1S/C11H13BrFNO/c12-8-3-4-10(13)11(6-8)15-7-9-2-1-5-14-9/h3-4,6,9,14H,1-2,5,7H2/t9-/m1/s1. The van der Waals surface area contributed by atoms with E-state index in [0.29, 0.717) is 18.4 Å². The normalized spacial score (nSPS) is 20.5. The van der Waals surface area contributed by atoms with Gasteiger partial charge in [-0.2, -0.15) is 0 Å². The van der Waals surface area contributed by atoms with Crippen LogP contribution in [-0.4, -0.2) is 19.2 Å². The molecule has 1 aliphatic heterocycles. The van der Waals surface area contributed by atoms with Crippen LogP contribution in [0.4, 0.5) is 4.39 Å². The highest BCUT2D eigenvalue weighted by molar-refractivity contribution is 9.10. The monoisotopic (exact) mass is 273 g/mol. The van der Waals surface area contributed by atoms with Gasteiger partial charge in [0.15, 0.2) is 11.6 Å². The molecule has 2 nitrogen and oxygen atoms in total. The van der Waals surface area contributed by atoms with Gasteiger partial charge < -0.3 is 10.1 Å². The summed E-state index contributed by atoms with van der Waals surface area (Å²) in [6, 6.07) is 5.09. The molecule has 1 aliphatic rings. The molecule has 1 aromatic rings. The van der Waals surface area contributed by atoms with Gasteiger partial charge in [0.05, 0.1) is 0 Å². The van der Waals surface area contributed by atoms with Crippen LogP contribution in [0, 0.1) is 5.82 Å². The molecule has 1 aromatic carbocycles. The molecule has 0 aliphatic carbocycles. The molecule has 0 saturated carbocycles. The number of hydrogen-bond acceptors (Lipinski definition) is 2. The number of benzene rings is 1. The van der Waals surface area contributed by atoms with Crippen LogP contribution in [0.3, 0.4) is 0 Å². The van der Waals surface area contributed by atoms with Crippen molar-refractivity contribution in [3.63, 3.8) is 0 Å². The minimum atomic E-state index is -0.309. The topological polar surface area (TPSA) is 21.3 Å². The van der Waals surface area contributed by atoms with Gasteiger partial charge >= 0.3 is 0 Å². The molecule has 1 atom stereocenters. The van der Waals surface area contributed by atoms with E-state index in [-0.39, 0.29) is 5.82 Å². The van der Waals surface area contributed by atoms with E-state index in [0.717, 1.165) is 17.4 Å². The Balaban J connectivity index is 1.94. The van der Waals surface area contributed by atoms with E-state index in [1.165, 1.54) is 12.5 Å². The molecular weight excluding hydrogens is 261 g/mol. The van der Waals surface area contributed by atoms with E-state index < -0.39 is 0 Å². The quantitative estimate of drug-likeness (QED) is 0.915. The predicted octanol–water partition coefficient (Wildman–Crippen LogP) is 2.72. The van der Waals surface area contributed by atoms with E-state index in [9.17, 15) is 4.39 Å². The summed E-state index contributed by atoms with van der Waals surface area (Å²) in [6.07, 6.45) is 2.28. The summed E-state index contributed by atoms with van der Waals surface area (Å²) in [5.74, 6) is 0.00859. The second-order valence-corrected chi connectivity index (χ2v) is 4.59. The van der Waals surface area contributed by atoms with Crippen LogP contribution in [-0.2, 0) is 0 Å². The van der Waals surface area contributed by atoms with Gasteiger partial charge in [0.2, 0.25) is 0 Å². The molecule has 1 N–H and O–H groups in total. The Morgan fingerprint density at radius 1 is 1.53 bits per heavy atom. The second kappa shape index (κ2) is 4.94. The molecule has 1 fully saturated rings. The summed E-state index contributed by atoms with van der Waals surface area (Å²) in [4.78, 5) is 0. The molecule has 4 heteroatoms. The SMILES string of the molecule is Fc1ccc(Br)cc1OC[C@H]1CCCN1. The highest BCUT2D eigenvalue weighted by atomic mass is 79.9. The zero-order valence-corrected chi connectivity index (χ0v) is 9.89. The third kappa shape index (κ3) is 2.92. The van der Waals surface area contributed by atoms with Crippen molar-refractivity contribution in [3.05, 3.63) is 28.5 Å². The highest BCUT2D eigenvalue weighted by Gasteiger charge is 2.15. The van der Waals surface area contributed by atoms with Crippen molar-refractivity contribution in [2.45, 2.75) is 18.9 Å². The summed E-state index contributed by atoms with van der Waals surface area (Å²) in [6.45, 7) is 1.57. The molecule has 2 rings (SSSR count). The van der Waals surface area contributed by atoms with Crippen molar-refractivity contribution in [1.29, 1.82) is 0 Å². The lowest BCUT2D eigenvalue weighted by atomic mass is 10.2.